The molecule has 0 bridgehead atoms. The van der Waals surface area contributed by atoms with E-state index in [1.165, 1.54) is 18.4 Å². The lowest BCUT2D eigenvalue weighted by Crippen LogP contribution is -2.19. The SMILES string of the molecule is Cc1cc(NCC2(Cc3ccccc3)CC2)nc(C)n1. The molecule has 1 aromatic heterocycles. The highest BCUT2D eigenvalue weighted by atomic mass is 15.0. The first-order valence-corrected chi connectivity index (χ1v) is 7.25. The molecule has 0 amide bonds. The van der Waals surface area contributed by atoms with Crippen LogP contribution in [0.25, 0.3) is 0 Å². The van der Waals surface area contributed by atoms with Crippen LogP contribution < -0.4 is 5.32 Å². The average Bonchev–Trinajstić information content (AvgIpc) is 3.17. The number of rotatable bonds is 5. The molecule has 1 aliphatic carbocycles. The van der Waals surface area contributed by atoms with E-state index in [1.807, 2.05) is 19.9 Å². The third-order valence-electron chi connectivity index (χ3n) is 3.99. The second-order valence-electron chi connectivity index (χ2n) is 5.96. The molecule has 0 unspecified atom stereocenters. The van der Waals surface area contributed by atoms with Crippen LogP contribution in [0.5, 0.6) is 0 Å². The lowest BCUT2D eigenvalue weighted by Gasteiger charge is -2.17. The molecule has 1 aliphatic rings. The van der Waals surface area contributed by atoms with E-state index in [2.05, 4.69) is 45.6 Å². The van der Waals surface area contributed by atoms with Crippen LogP contribution in [0, 0.1) is 19.3 Å². The van der Waals surface area contributed by atoms with E-state index in [9.17, 15) is 0 Å². The number of aromatic nitrogens is 2. The van der Waals surface area contributed by atoms with Gasteiger partial charge in [0.25, 0.3) is 0 Å². The Hall–Kier alpha value is -1.90. The molecule has 2 aromatic rings. The van der Waals surface area contributed by atoms with Gasteiger partial charge < -0.3 is 5.32 Å². The fourth-order valence-electron chi connectivity index (χ4n) is 2.71. The molecule has 3 rings (SSSR count). The molecule has 1 aromatic carbocycles. The number of benzene rings is 1. The average molecular weight is 267 g/mol. The molecule has 0 atom stereocenters. The Morgan fingerprint density at radius 2 is 1.85 bits per heavy atom. The Kier molecular flexibility index (Phi) is 3.43. The summed E-state index contributed by atoms with van der Waals surface area (Å²) >= 11 is 0. The van der Waals surface area contributed by atoms with Crippen molar-refractivity contribution in [2.24, 2.45) is 5.41 Å². The summed E-state index contributed by atoms with van der Waals surface area (Å²) in [7, 11) is 0. The summed E-state index contributed by atoms with van der Waals surface area (Å²) in [5.41, 5.74) is 2.88. The molecule has 0 spiro atoms. The third kappa shape index (κ3) is 3.16. The minimum Gasteiger partial charge on any atom is -0.369 e. The lowest BCUT2D eigenvalue weighted by molar-refractivity contribution is 0.537. The molecule has 3 heteroatoms. The zero-order valence-corrected chi connectivity index (χ0v) is 12.2. The first kappa shape index (κ1) is 13.1. The van der Waals surface area contributed by atoms with Gasteiger partial charge in [-0.1, -0.05) is 30.3 Å². The molecule has 0 radical (unpaired) electrons. The number of anilines is 1. The van der Waals surface area contributed by atoms with Crippen LogP contribution in [0.3, 0.4) is 0 Å². The normalized spacial score (nSPS) is 15.9. The molecule has 104 valence electrons. The van der Waals surface area contributed by atoms with Crippen molar-refractivity contribution in [1.29, 1.82) is 0 Å². The molecular weight excluding hydrogens is 246 g/mol. The monoisotopic (exact) mass is 267 g/mol. The number of hydrogen-bond donors (Lipinski definition) is 1. The first-order valence-electron chi connectivity index (χ1n) is 7.25. The van der Waals surface area contributed by atoms with Crippen LogP contribution in [-0.4, -0.2) is 16.5 Å². The van der Waals surface area contributed by atoms with Gasteiger partial charge in [-0.2, -0.15) is 0 Å². The van der Waals surface area contributed by atoms with Crippen molar-refractivity contribution < 1.29 is 0 Å². The summed E-state index contributed by atoms with van der Waals surface area (Å²) in [6.07, 6.45) is 3.76. The van der Waals surface area contributed by atoms with E-state index < -0.39 is 0 Å². The quantitative estimate of drug-likeness (QED) is 0.900. The first-order chi connectivity index (χ1) is 9.65. The van der Waals surface area contributed by atoms with E-state index in [1.54, 1.807) is 0 Å². The van der Waals surface area contributed by atoms with Gasteiger partial charge in [0.1, 0.15) is 11.6 Å². The van der Waals surface area contributed by atoms with Crippen molar-refractivity contribution in [3.05, 3.63) is 53.5 Å². The minimum atomic E-state index is 0.425. The van der Waals surface area contributed by atoms with Gasteiger partial charge in [-0.05, 0) is 44.1 Å². The van der Waals surface area contributed by atoms with Crippen molar-refractivity contribution in [2.45, 2.75) is 33.1 Å². The topological polar surface area (TPSA) is 37.8 Å². The molecule has 3 nitrogen and oxygen atoms in total. The van der Waals surface area contributed by atoms with Gasteiger partial charge in [0.2, 0.25) is 0 Å². The number of nitrogens with one attached hydrogen (secondary N) is 1. The van der Waals surface area contributed by atoms with Gasteiger partial charge in [0.15, 0.2) is 0 Å². The molecule has 20 heavy (non-hydrogen) atoms. The maximum Gasteiger partial charge on any atom is 0.129 e. The summed E-state index contributed by atoms with van der Waals surface area (Å²) in [5, 5.41) is 3.50. The van der Waals surface area contributed by atoms with E-state index in [0.717, 1.165) is 30.3 Å². The van der Waals surface area contributed by atoms with E-state index in [-0.39, 0.29) is 0 Å². The van der Waals surface area contributed by atoms with Gasteiger partial charge in [0.05, 0.1) is 0 Å². The highest BCUT2D eigenvalue weighted by molar-refractivity contribution is 5.36. The Labute approximate surface area is 120 Å². The highest BCUT2D eigenvalue weighted by Gasteiger charge is 2.42. The van der Waals surface area contributed by atoms with Gasteiger partial charge in [-0.25, -0.2) is 9.97 Å². The smallest absolute Gasteiger partial charge is 0.129 e. The maximum atomic E-state index is 4.45. The lowest BCUT2D eigenvalue weighted by atomic mass is 9.96. The molecule has 1 saturated carbocycles. The van der Waals surface area contributed by atoms with Crippen molar-refractivity contribution in [3.8, 4) is 0 Å². The van der Waals surface area contributed by atoms with Crippen LogP contribution in [-0.2, 0) is 6.42 Å². The van der Waals surface area contributed by atoms with Crippen molar-refractivity contribution in [3.63, 3.8) is 0 Å². The molecule has 1 N–H and O–H groups in total. The van der Waals surface area contributed by atoms with Crippen molar-refractivity contribution in [1.82, 2.24) is 9.97 Å². The van der Waals surface area contributed by atoms with E-state index in [0.29, 0.717) is 5.41 Å². The standard InChI is InChI=1S/C17H21N3/c1-13-10-16(20-14(2)19-13)18-12-17(8-9-17)11-15-6-4-3-5-7-15/h3-7,10H,8-9,11-12H2,1-2H3,(H,18,19,20). The van der Waals surface area contributed by atoms with Crippen LogP contribution in [0.15, 0.2) is 36.4 Å². The summed E-state index contributed by atoms with van der Waals surface area (Å²) in [4.78, 5) is 8.76. The van der Waals surface area contributed by atoms with Gasteiger partial charge in [-0.3, -0.25) is 0 Å². The zero-order valence-electron chi connectivity index (χ0n) is 12.2. The van der Waals surface area contributed by atoms with Crippen LogP contribution in [0.1, 0.15) is 29.9 Å². The molecule has 0 saturated heterocycles. The molecular formula is C17H21N3. The Morgan fingerprint density at radius 3 is 2.50 bits per heavy atom. The van der Waals surface area contributed by atoms with Gasteiger partial charge >= 0.3 is 0 Å². The largest absolute Gasteiger partial charge is 0.369 e. The van der Waals surface area contributed by atoms with Crippen molar-refractivity contribution in [2.75, 3.05) is 11.9 Å². The second kappa shape index (κ2) is 5.23. The summed E-state index contributed by atoms with van der Waals surface area (Å²) in [5.74, 6) is 1.79. The highest BCUT2D eigenvalue weighted by Crippen LogP contribution is 2.48. The maximum absolute atomic E-state index is 4.45. The Balaban J connectivity index is 1.63. The molecule has 1 heterocycles. The molecule has 0 aliphatic heterocycles. The summed E-state index contributed by atoms with van der Waals surface area (Å²) in [6, 6.07) is 12.8. The summed E-state index contributed by atoms with van der Waals surface area (Å²) < 4.78 is 0. The fraction of sp³-hybridized carbons (Fsp3) is 0.412. The van der Waals surface area contributed by atoms with Gasteiger partial charge in [-0.15, -0.1) is 0 Å². The zero-order chi connectivity index (χ0) is 14.0. The van der Waals surface area contributed by atoms with Crippen molar-refractivity contribution >= 4 is 5.82 Å². The Bertz CT molecular complexity index is 568. The number of nitrogens with zero attached hydrogens (tertiary/aromatic N) is 2. The van der Waals surface area contributed by atoms with E-state index >= 15 is 0 Å². The summed E-state index contributed by atoms with van der Waals surface area (Å²) in [6.45, 7) is 4.95. The second-order valence-corrected chi connectivity index (χ2v) is 5.96. The predicted octanol–water partition coefficient (Wildman–Crippen LogP) is 3.53. The Morgan fingerprint density at radius 1 is 1.10 bits per heavy atom. The molecule has 1 fully saturated rings. The predicted molar refractivity (Wildman–Crippen MR) is 81.8 cm³/mol. The minimum absolute atomic E-state index is 0.425. The van der Waals surface area contributed by atoms with Crippen LogP contribution in [0.4, 0.5) is 5.82 Å². The van der Waals surface area contributed by atoms with Crippen LogP contribution >= 0.6 is 0 Å². The van der Waals surface area contributed by atoms with Crippen LogP contribution in [0.2, 0.25) is 0 Å². The number of hydrogen-bond acceptors (Lipinski definition) is 3. The third-order valence-corrected chi connectivity index (χ3v) is 3.99. The fourth-order valence-corrected chi connectivity index (χ4v) is 2.71. The van der Waals surface area contributed by atoms with Gasteiger partial charge in [0, 0.05) is 18.3 Å². The van der Waals surface area contributed by atoms with E-state index in [4.69, 9.17) is 0 Å². The number of aryl methyl sites for hydroxylation is 2.